The highest BCUT2D eigenvalue weighted by Gasteiger charge is 2.65. The average molecular weight is 520 g/mol. The number of benzene rings is 4. The molecule has 4 aromatic carbocycles. The molecule has 1 fully saturated rings. The minimum absolute atomic E-state index is 0.560. The SMILES string of the molecule is ClC[Si]1(CCl)CCC(c2ccccc2)(c2ccccc2)O[Si]1(c1ccccc1)c1ccccc1. The van der Waals surface area contributed by atoms with E-state index in [1.54, 1.807) is 0 Å². The molecule has 0 radical (unpaired) electrons. The van der Waals surface area contributed by atoms with Crippen LogP contribution in [0.4, 0.5) is 0 Å². The molecule has 1 aliphatic rings. The summed E-state index contributed by atoms with van der Waals surface area (Å²) in [5.74, 6) is 0. The number of rotatable bonds is 6. The van der Waals surface area contributed by atoms with Gasteiger partial charge < -0.3 is 4.43 Å². The summed E-state index contributed by atoms with van der Waals surface area (Å²) < 4.78 is 7.84. The Kier molecular flexibility index (Phi) is 6.83. The van der Waals surface area contributed by atoms with E-state index in [1.165, 1.54) is 21.5 Å². The molecule has 5 heteroatoms. The molecule has 5 rings (SSSR count). The van der Waals surface area contributed by atoms with Crippen LogP contribution in [0.15, 0.2) is 121 Å². The van der Waals surface area contributed by atoms with Gasteiger partial charge in [0.1, 0.15) is 13.2 Å². The van der Waals surface area contributed by atoms with Crippen LogP contribution in [-0.2, 0) is 10.0 Å². The maximum Gasteiger partial charge on any atom is 0.244 e. The molecule has 0 unspecified atom stereocenters. The molecular formula is C29H28Cl2OSi2. The van der Waals surface area contributed by atoms with E-state index in [1.807, 2.05) is 0 Å². The highest BCUT2D eigenvalue weighted by Crippen LogP contribution is 2.48. The van der Waals surface area contributed by atoms with Crippen molar-refractivity contribution in [1.29, 1.82) is 0 Å². The molecule has 1 heterocycles. The molecule has 172 valence electrons. The predicted octanol–water partition coefficient (Wildman–Crippen LogP) is 6.19. The van der Waals surface area contributed by atoms with E-state index >= 15 is 0 Å². The van der Waals surface area contributed by atoms with Crippen molar-refractivity contribution in [3.63, 3.8) is 0 Å². The van der Waals surface area contributed by atoms with Gasteiger partial charge in [-0.05, 0) is 27.9 Å². The summed E-state index contributed by atoms with van der Waals surface area (Å²) in [7, 11) is -5.14. The molecule has 0 spiro atoms. The summed E-state index contributed by atoms with van der Waals surface area (Å²) in [4.78, 5) is 0. The zero-order valence-electron chi connectivity index (χ0n) is 19.0. The Bertz CT molecular complexity index is 1120. The van der Waals surface area contributed by atoms with Crippen LogP contribution in [0.3, 0.4) is 0 Å². The van der Waals surface area contributed by atoms with E-state index in [-0.39, 0.29) is 0 Å². The molecule has 0 N–H and O–H groups in total. The van der Waals surface area contributed by atoms with Crippen molar-refractivity contribution in [2.75, 3.05) is 11.0 Å². The van der Waals surface area contributed by atoms with Crippen LogP contribution in [0, 0.1) is 0 Å². The minimum Gasteiger partial charge on any atom is -0.397 e. The van der Waals surface area contributed by atoms with Gasteiger partial charge >= 0.3 is 0 Å². The Hall–Kier alpha value is -2.15. The second-order valence-electron chi connectivity index (χ2n) is 9.12. The third-order valence-electron chi connectivity index (χ3n) is 7.38. The molecule has 0 saturated carbocycles. The number of alkyl halides is 2. The quantitative estimate of drug-likeness (QED) is 0.218. The molecule has 0 amide bonds. The zero-order chi connectivity index (χ0) is 23.5. The van der Waals surface area contributed by atoms with Gasteiger partial charge in [0.15, 0.2) is 0 Å². The fraction of sp³-hybridized carbons (Fsp3) is 0.172. The van der Waals surface area contributed by atoms with E-state index in [9.17, 15) is 0 Å². The first-order valence-electron chi connectivity index (χ1n) is 11.7. The predicted molar refractivity (Wildman–Crippen MR) is 149 cm³/mol. The lowest BCUT2D eigenvalue weighted by atomic mass is 9.84. The van der Waals surface area contributed by atoms with Crippen LogP contribution in [-0.4, -0.2) is 26.4 Å². The first-order valence-corrected chi connectivity index (χ1v) is 18.3. The largest absolute Gasteiger partial charge is 0.397 e. The topological polar surface area (TPSA) is 9.23 Å². The summed E-state index contributed by atoms with van der Waals surface area (Å²) in [5, 5.41) is 2.54. The Labute approximate surface area is 214 Å². The maximum absolute atomic E-state index is 7.84. The van der Waals surface area contributed by atoms with Crippen molar-refractivity contribution in [3.05, 3.63) is 132 Å². The molecule has 1 nitrogen and oxygen atoms in total. The molecule has 0 aliphatic carbocycles. The van der Waals surface area contributed by atoms with Crippen molar-refractivity contribution in [3.8, 4) is 0 Å². The molecule has 0 atom stereocenters. The van der Waals surface area contributed by atoms with Crippen molar-refractivity contribution in [2.45, 2.75) is 18.1 Å². The van der Waals surface area contributed by atoms with Gasteiger partial charge in [-0.2, -0.15) is 0 Å². The van der Waals surface area contributed by atoms with Gasteiger partial charge in [-0.25, -0.2) is 0 Å². The lowest BCUT2D eigenvalue weighted by Crippen LogP contribution is -2.84. The van der Waals surface area contributed by atoms with Gasteiger partial charge in [-0.15, -0.1) is 23.2 Å². The first kappa shape index (κ1) is 23.6. The average Bonchev–Trinajstić information content (AvgIpc) is 2.94. The van der Waals surface area contributed by atoms with Gasteiger partial charge in [0.2, 0.25) is 7.83 Å². The second kappa shape index (κ2) is 9.84. The van der Waals surface area contributed by atoms with Crippen molar-refractivity contribution in [1.82, 2.24) is 0 Å². The van der Waals surface area contributed by atoms with Crippen molar-refractivity contribution < 1.29 is 4.43 Å². The number of hydrogen-bond acceptors (Lipinski definition) is 1. The molecule has 0 bridgehead atoms. The van der Waals surface area contributed by atoms with Gasteiger partial charge in [-0.1, -0.05) is 127 Å². The Morgan fingerprint density at radius 1 is 0.588 bits per heavy atom. The summed E-state index contributed by atoms with van der Waals surface area (Å²) in [6.07, 6.45) is 0.876. The molecule has 4 aromatic rings. The van der Waals surface area contributed by atoms with E-state index < -0.39 is 21.0 Å². The zero-order valence-corrected chi connectivity index (χ0v) is 22.6. The normalized spacial score (nSPS) is 18.3. The summed E-state index contributed by atoms with van der Waals surface area (Å²) >= 11 is 13.9. The second-order valence-corrected chi connectivity index (χ2v) is 22.3. The van der Waals surface area contributed by atoms with Crippen LogP contribution < -0.4 is 10.4 Å². The van der Waals surface area contributed by atoms with E-state index in [0.29, 0.717) is 11.0 Å². The van der Waals surface area contributed by atoms with Crippen molar-refractivity contribution >= 4 is 49.0 Å². The van der Waals surface area contributed by atoms with Gasteiger partial charge in [0.05, 0.1) is 0 Å². The Balaban J connectivity index is 1.85. The summed E-state index contributed by atoms with van der Waals surface area (Å²) in [6, 6.07) is 44.0. The van der Waals surface area contributed by atoms with Gasteiger partial charge in [-0.3, -0.25) is 0 Å². The molecule has 0 aromatic heterocycles. The van der Waals surface area contributed by atoms with Crippen LogP contribution >= 0.6 is 23.2 Å². The van der Waals surface area contributed by atoms with E-state index in [0.717, 1.165) is 12.5 Å². The maximum atomic E-state index is 7.84. The molecular weight excluding hydrogens is 491 g/mol. The molecule has 1 aliphatic heterocycles. The fourth-order valence-electron chi connectivity index (χ4n) is 5.60. The van der Waals surface area contributed by atoms with Gasteiger partial charge in [0.25, 0.3) is 0 Å². The highest BCUT2D eigenvalue weighted by atomic mass is 35.5. The van der Waals surface area contributed by atoms with Crippen LogP contribution in [0.5, 0.6) is 0 Å². The summed E-state index contributed by atoms with van der Waals surface area (Å²) in [6.45, 7) is 0. The van der Waals surface area contributed by atoms with Gasteiger partial charge in [0, 0.05) is 11.0 Å². The fourth-order valence-corrected chi connectivity index (χ4v) is 25.1. The van der Waals surface area contributed by atoms with E-state index in [2.05, 4.69) is 121 Å². The number of hydrogen-bond donors (Lipinski definition) is 0. The van der Waals surface area contributed by atoms with Crippen molar-refractivity contribution in [2.24, 2.45) is 0 Å². The summed E-state index contributed by atoms with van der Waals surface area (Å²) in [5.41, 5.74) is 3.00. The Morgan fingerprint density at radius 2 is 0.971 bits per heavy atom. The molecule has 1 saturated heterocycles. The standard InChI is InChI=1S/C29H28Cl2OSi2/c30-23-33(24-31)22-21-29(25-13-5-1-6-14-25,26-15-7-2-8-16-26)32-34(33,27-17-9-3-10-18-27)28-19-11-4-12-20-28/h1-20H,21-24H2. The van der Waals surface area contributed by atoms with E-state index in [4.69, 9.17) is 27.6 Å². The third kappa shape index (κ3) is 3.71. The molecule has 34 heavy (non-hydrogen) atoms. The first-order chi connectivity index (χ1) is 16.7. The Morgan fingerprint density at radius 3 is 1.35 bits per heavy atom. The highest BCUT2D eigenvalue weighted by molar-refractivity contribution is 7.51. The minimum atomic E-state index is -2.84. The lowest BCUT2D eigenvalue weighted by Gasteiger charge is -2.56. The van der Waals surface area contributed by atoms with Crippen LogP contribution in [0.2, 0.25) is 6.04 Å². The monoisotopic (exact) mass is 518 g/mol. The number of halogens is 2. The lowest BCUT2D eigenvalue weighted by molar-refractivity contribution is 0.0983. The third-order valence-corrected chi connectivity index (χ3v) is 26.8. The smallest absolute Gasteiger partial charge is 0.244 e. The van der Waals surface area contributed by atoms with Crippen LogP contribution in [0.25, 0.3) is 0 Å². The van der Waals surface area contributed by atoms with Crippen LogP contribution in [0.1, 0.15) is 17.5 Å².